The SMILES string of the molecule is CC(=O)OC[C@H]1O[C@H](C/C=C/[C@H](NC(=O)OC(C)(C)C)C(=O)OCc2ccccc2)[C@H](OC(C)=O)[C@@H](OC(C)=O)[C@@H]1OC(C)=O. The Balaban J connectivity index is 2.37. The minimum atomic E-state index is -1.34. The van der Waals surface area contributed by atoms with Crippen molar-refractivity contribution in [3.8, 4) is 0 Å². The molecule has 14 heteroatoms. The predicted molar refractivity (Wildman–Crippen MR) is 155 cm³/mol. The molecule has 1 heterocycles. The quantitative estimate of drug-likeness (QED) is 0.201. The Labute approximate surface area is 261 Å². The first-order valence-corrected chi connectivity index (χ1v) is 14.2. The van der Waals surface area contributed by atoms with Crippen molar-refractivity contribution >= 4 is 35.9 Å². The van der Waals surface area contributed by atoms with Crippen LogP contribution in [0, 0.1) is 0 Å². The number of ether oxygens (including phenoxy) is 7. The molecule has 1 N–H and O–H groups in total. The van der Waals surface area contributed by atoms with Crippen molar-refractivity contribution in [3.63, 3.8) is 0 Å². The van der Waals surface area contributed by atoms with E-state index in [0.29, 0.717) is 0 Å². The fourth-order valence-electron chi connectivity index (χ4n) is 4.30. The van der Waals surface area contributed by atoms with E-state index >= 15 is 0 Å². The minimum Gasteiger partial charge on any atom is -0.463 e. The molecule has 6 atom stereocenters. The van der Waals surface area contributed by atoms with Gasteiger partial charge in [0.15, 0.2) is 18.3 Å². The average molecular weight is 636 g/mol. The van der Waals surface area contributed by atoms with E-state index in [4.69, 9.17) is 33.2 Å². The van der Waals surface area contributed by atoms with Crippen molar-refractivity contribution in [1.29, 1.82) is 0 Å². The zero-order valence-corrected chi connectivity index (χ0v) is 26.4. The second-order valence-corrected chi connectivity index (χ2v) is 11.1. The molecule has 45 heavy (non-hydrogen) atoms. The summed E-state index contributed by atoms with van der Waals surface area (Å²) in [5.74, 6) is -3.70. The summed E-state index contributed by atoms with van der Waals surface area (Å²) in [6.07, 6.45) is -4.24. The molecule has 248 valence electrons. The Morgan fingerprint density at radius 2 is 1.36 bits per heavy atom. The first-order valence-electron chi connectivity index (χ1n) is 14.2. The molecule has 0 aromatic heterocycles. The van der Waals surface area contributed by atoms with Gasteiger partial charge >= 0.3 is 35.9 Å². The lowest BCUT2D eigenvalue weighted by molar-refractivity contribution is -0.251. The van der Waals surface area contributed by atoms with Crippen LogP contribution in [0.5, 0.6) is 0 Å². The molecular formula is C31H41NO13. The number of carbonyl (C=O) groups is 6. The zero-order chi connectivity index (χ0) is 33.7. The van der Waals surface area contributed by atoms with Gasteiger partial charge in [-0.1, -0.05) is 42.5 Å². The molecule has 0 saturated carbocycles. The van der Waals surface area contributed by atoms with Crippen LogP contribution in [-0.4, -0.2) is 84.7 Å². The van der Waals surface area contributed by atoms with Crippen molar-refractivity contribution in [2.24, 2.45) is 0 Å². The minimum absolute atomic E-state index is 0.0558. The van der Waals surface area contributed by atoms with Gasteiger partial charge in [0.25, 0.3) is 0 Å². The number of alkyl carbamates (subject to hydrolysis) is 1. The van der Waals surface area contributed by atoms with Gasteiger partial charge in [0.1, 0.15) is 37.1 Å². The van der Waals surface area contributed by atoms with Crippen LogP contribution in [0.3, 0.4) is 0 Å². The number of rotatable bonds is 12. The Hall–Kier alpha value is -4.46. The summed E-state index contributed by atoms with van der Waals surface area (Å²) in [5, 5.41) is 2.46. The van der Waals surface area contributed by atoms with Crippen LogP contribution in [0.25, 0.3) is 0 Å². The van der Waals surface area contributed by atoms with E-state index in [1.807, 2.05) is 6.07 Å². The van der Waals surface area contributed by atoms with E-state index in [1.54, 1.807) is 45.0 Å². The third-order valence-electron chi connectivity index (χ3n) is 5.93. The number of carbonyl (C=O) groups excluding carboxylic acids is 6. The third-order valence-corrected chi connectivity index (χ3v) is 5.93. The Bertz CT molecular complexity index is 1220. The number of nitrogens with one attached hydrogen (secondary N) is 1. The summed E-state index contributed by atoms with van der Waals surface area (Å²) in [7, 11) is 0. The summed E-state index contributed by atoms with van der Waals surface area (Å²) in [6.45, 7) is 9.09. The monoisotopic (exact) mass is 635 g/mol. The summed E-state index contributed by atoms with van der Waals surface area (Å²) in [6, 6.07) is 7.62. The van der Waals surface area contributed by atoms with Gasteiger partial charge in [-0.15, -0.1) is 0 Å². The molecule has 14 nitrogen and oxygen atoms in total. The van der Waals surface area contributed by atoms with Crippen LogP contribution >= 0.6 is 0 Å². The molecule has 0 radical (unpaired) electrons. The van der Waals surface area contributed by atoms with Gasteiger partial charge in [0, 0.05) is 27.7 Å². The smallest absolute Gasteiger partial charge is 0.408 e. The number of hydrogen-bond acceptors (Lipinski definition) is 13. The van der Waals surface area contributed by atoms with Crippen molar-refractivity contribution in [3.05, 3.63) is 48.0 Å². The van der Waals surface area contributed by atoms with Gasteiger partial charge in [-0.3, -0.25) is 19.2 Å². The van der Waals surface area contributed by atoms with Crippen LogP contribution < -0.4 is 5.32 Å². The fraction of sp³-hybridized carbons (Fsp3) is 0.548. The maximum absolute atomic E-state index is 13.0. The molecule has 1 aliphatic rings. The van der Waals surface area contributed by atoms with Crippen LogP contribution in [0.15, 0.2) is 42.5 Å². The number of benzene rings is 1. The van der Waals surface area contributed by atoms with Crippen LogP contribution in [0.2, 0.25) is 0 Å². The van der Waals surface area contributed by atoms with Crippen molar-refractivity contribution < 1.29 is 61.9 Å². The van der Waals surface area contributed by atoms with Gasteiger partial charge < -0.3 is 38.5 Å². The molecule has 0 aliphatic carbocycles. The standard InChI is InChI=1S/C31H41NO13/c1-18(33)39-17-25-27(42-20(3)35)28(43-21(4)36)26(41-19(2)34)24(44-25)15-11-14-23(32-30(38)45-31(5,6)7)29(37)40-16-22-12-9-8-10-13-22/h8-14,23-28H,15-17H2,1-7H3,(H,32,38)/b14-11+/t23-,24+,25+,26-,27+,28+/m0/s1. The molecule has 1 aliphatic heterocycles. The molecule has 0 spiro atoms. The molecule has 1 fully saturated rings. The lowest BCUT2D eigenvalue weighted by Crippen LogP contribution is -2.62. The highest BCUT2D eigenvalue weighted by atomic mass is 16.7. The Kier molecular flexibility index (Phi) is 14.0. The molecule has 2 rings (SSSR count). The molecule has 0 bridgehead atoms. The van der Waals surface area contributed by atoms with E-state index in [2.05, 4.69) is 5.32 Å². The first kappa shape index (κ1) is 36.7. The lowest BCUT2D eigenvalue weighted by atomic mass is 9.92. The highest BCUT2D eigenvalue weighted by Crippen LogP contribution is 2.31. The Morgan fingerprint density at radius 3 is 1.89 bits per heavy atom. The predicted octanol–water partition coefficient (Wildman–Crippen LogP) is 2.70. The topological polar surface area (TPSA) is 179 Å². The van der Waals surface area contributed by atoms with E-state index < -0.39 is 78.1 Å². The second-order valence-electron chi connectivity index (χ2n) is 11.1. The van der Waals surface area contributed by atoms with Crippen LogP contribution in [0.4, 0.5) is 4.79 Å². The highest BCUT2D eigenvalue weighted by molar-refractivity contribution is 5.83. The second kappa shape index (κ2) is 17.1. The van der Waals surface area contributed by atoms with E-state index in [1.165, 1.54) is 19.1 Å². The zero-order valence-electron chi connectivity index (χ0n) is 26.4. The summed E-state index contributed by atoms with van der Waals surface area (Å²) >= 11 is 0. The average Bonchev–Trinajstić information content (AvgIpc) is 2.91. The Morgan fingerprint density at radius 1 is 0.800 bits per heavy atom. The normalized spacial score (nSPS) is 22.0. The number of esters is 5. The first-order chi connectivity index (χ1) is 21.1. The number of hydrogen-bond donors (Lipinski definition) is 1. The van der Waals surface area contributed by atoms with Crippen LogP contribution in [0.1, 0.15) is 60.5 Å². The van der Waals surface area contributed by atoms with Gasteiger partial charge in [-0.2, -0.15) is 0 Å². The summed E-state index contributed by atoms with van der Waals surface area (Å²) < 4.78 is 38.1. The molecule has 1 aromatic rings. The van der Waals surface area contributed by atoms with Crippen molar-refractivity contribution in [2.75, 3.05) is 6.61 Å². The van der Waals surface area contributed by atoms with Gasteiger partial charge in [-0.25, -0.2) is 9.59 Å². The third kappa shape index (κ3) is 13.4. The van der Waals surface area contributed by atoms with Gasteiger partial charge in [0.2, 0.25) is 0 Å². The van der Waals surface area contributed by atoms with Crippen molar-refractivity contribution in [2.45, 2.75) is 104 Å². The maximum Gasteiger partial charge on any atom is 0.408 e. The molecule has 0 unspecified atom stereocenters. The van der Waals surface area contributed by atoms with Crippen LogP contribution in [-0.2, 0) is 63.7 Å². The summed E-state index contributed by atoms with van der Waals surface area (Å²) in [5.41, 5.74) is -0.121. The number of amides is 1. The van der Waals surface area contributed by atoms with E-state index in [-0.39, 0.29) is 19.6 Å². The molecule has 1 saturated heterocycles. The van der Waals surface area contributed by atoms with Crippen molar-refractivity contribution in [1.82, 2.24) is 5.32 Å². The van der Waals surface area contributed by atoms with E-state index in [0.717, 1.165) is 26.3 Å². The van der Waals surface area contributed by atoms with E-state index in [9.17, 15) is 28.8 Å². The molecule has 1 amide bonds. The molecular weight excluding hydrogens is 594 g/mol. The largest absolute Gasteiger partial charge is 0.463 e. The molecule has 1 aromatic carbocycles. The van der Waals surface area contributed by atoms with Gasteiger partial charge in [0.05, 0.1) is 0 Å². The highest BCUT2D eigenvalue weighted by Gasteiger charge is 2.51. The fourth-order valence-corrected chi connectivity index (χ4v) is 4.30. The van der Waals surface area contributed by atoms with Gasteiger partial charge in [-0.05, 0) is 32.8 Å². The maximum atomic E-state index is 13.0. The summed E-state index contributed by atoms with van der Waals surface area (Å²) in [4.78, 5) is 73.2. The lowest BCUT2D eigenvalue weighted by Gasteiger charge is -2.44.